The minimum atomic E-state index is -4.40. The van der Waals surface area contributed by atoms with Crippen molar-refractivity contribution in [2.75, 3.05) is 46.8 Å². The standard InChI is InChI=1S/C26H36F3N5O/c1-17-6-11-20(31-2)22(17)24(30)33-13-15-34(16-14-33)25(35)23(21-5-4-12-32(21)3)18-7-9-19(10-8-18)26(27,28)29/h7-10,17,21,23,30-31H,4-6,11-16H2,1-3H3/t17-,21+,23+/m1/s1. The van der Waals surface area contributed by atoms with Crippen molar-refractivity contribution < 1.29 is 18.0 Å². The van der Waals surface area contributed by atoms with Crippen LogP contribution in [0.4, 0.5) is 13.2 Å². The number of rotatable bonds is 5. The number of carbonyl (C=O) groups excluding carboxylic acids is 1. The molecule has 1 amide bonds. The van der Waals surface area contributed by atoms with Crippen LogP contribution < -0.4 is 5.32 Å². The van der Waals surface area contributed by atoms with Crippen LogP contribution in [0.2, 0.25) is 0 Å². The van der Waals surface area contributed by atoms with Crippen molar-refractivity contribution in [3.63, 3.8) is 0 Å². The van der Waals surface area contributed by atoms with Gasteiger partial charge in [-0.25, -0.2) is 0 Å². The summed E-state index contributed by atoms with van der Waals surface area (Å²) in [4.78, 5) is 19.8. The molecular formula is C26H36F3N5O. The number of halogens is 3. The number of likely N-dealkylation sites (tertiary alicyclic amines) is 1. The minimum absolute atomic E-state index is 0.0287. The van der Waals surface area contributed by atoms with Gasteiger partial charge in [-0.15, -0.1) is 0 Å². The van der Waals surface area contributed by atoms with Crippen LogP contribution in [-0.2, 0) is 11.0 Å². The van der Waals surface area contributed by atoms with Crippen LogP contribution in [0.3, 0.4) is 0 Å². The van der Waals surface area contributed by atoms with Gasteiger partial charge in [0.1, 0.15) is 5.84 Å². The molecule has 2 saturated heterocycles. The molecule has 0 saturated carbocycles. The first-order valence-electron chi connectivity index (χ1n) is 12.5. The highest BCUT2D eigenvalue weighted by atomic mass is 19.4. The van der Waals surface area contributed by atoms with Gasteiger partial charge >= 0.3 is 6.18 Å². The Bertz CT molecular complexity index is 966. The third-order valence-electron chi connectivity index (χ3n) is 7.93. The lowest BCUT2D eigenvalue weighted by atomic mass is 9.87. The van der Waals surface area contributed by atoms with Gasteiger partial charge in [0.2, 0.25) is 5.91 Å². The average Bonchev–Trinajstić information content (AvgIpc) is 3.43. The molecule has 0 bridgehead atoms. The van der Waals surface area contributed by atoms with Crippen molar-refractivity contribution in [2.45, 2.75) is 50.7 Å². The number of hydrogen-bond acceptors (Lipinski definition) is 4. The Morgan fingerprint density at radius 3 is 2.23 bits per heavy atom. The summed E-state index contributed by atoms with van der Waals surface area (Å²) in [5.74, 6) is 0.358. The number of hydrogen-bond donors (Lipinski definition) is 2. The molecule has 1 aliphatic carbocycles. The molecule has 1 aromatic carbocycles. The van der Waals surface area contributed by atoms with E-state index in [1.165, 1.54) is 12.1 Å². The van der Waals surface area contributed by atoms with Gasteiger partial charge in [0, 0.05) is 50.5 Å². The lowest BCUT2D eigenvalue weighted by Gasteiger charge is -2.40. The molecule has 3 atom stereocenters. The van der Waals surface area contributed by atoms with Gasteiger partial charge < -0.3 is 20.0 Å². The molecule has 192 valence electrons. The van der Waals surface area contributed by atoms with Crippen LogP contribution >= 0.6 is 0 Å². The van der Waals surface area contributed by atoms with E-state index in [2.05, 4.69) is 17.1 Å². The van der Waals surface area contributed by atoms with E-state index in [-0.39, 0.29) is 11.9 Å². The predicted octanol–water partition coefficient (Wildman–Crippen LogP) is 3.91. The highest BCUT2D eigenvalue weighted by molar-refractivity contribution is 5.97. The maximum absolute atomic E-state index is 13.8. The lowest BCUT2D eigenvalue weighted by molar-refractivity contribution is -0.137. The Labute approximate surface area is 205 Å². The summed E-state index contributed by atoms with van der Waals surface area (Å²) in [6.07, 6.45) is -0.592. The van der Waals surface area contributed by atoms with E-state index >= 15 is 0 Å². The monoisotopic (exact) mass is 491 g/mol. The Morgan fingerprint density at radius 2 is 1.69 bits per heavy atom. The van der Waals surface area contributed by atoms with Gasteiger partial charge in [-0.3, -0.25) is 10.2 Å². The second-order valence-corrected chi connectivity index (χ2v) is 10.0. The molecule has 35 heavy (non-hydrogen) atoms. The Kier molecular flexibility index (Phi) is 7.45. The first-order chi connectivity index (χ1) is 16.6. The normalized spacial score (nSPS) is 24.7. The molecule has 9 heteroatoms. The van der Waals surface area contributed by atoms with Crippen molar-refractivity contribution in [1.29, 1.82) is 5.41 Å². The largest absolute Gasteiger partial charge is 0.416 e. The molecule has 2 aliphatic heterocycles. The minimum Gasteiger partial charge on any atom is -0.391 e. The number of benzene rings is 1. The molecular weight excluding hydrogens is 455 g/mol. The molecule has 6 nitrogen and oxygen atoms in total. The molecule has 0 spiro atoms. The third kappa shape index (κ3) is 5.20. The average molecular weight is 492 g/mol. The van der Waals surface area contributed by atoms with E-state index in [0.29, 0.717) is 43.5 Å². The molecule has 2 N–H and O–H groups in total. The topological polar surface area (TPSA) is 62.7 Å². The van der Waals surface area contributed by atoms with Crippen LogP contribution in [0.15, 0.2) is 35.5 Å². The van der Waals surface area contributed by atoms with E-state index in [9.17, 15) is 18.0 Å². The van der Waals surface area contributed by atoms with Gasteiger partial charge in [-0.05, 0) is 62.9 Å². The van der Waals surface area contributed by atoms with Gasteiger partial charge in [0.15, 0.2) is 0 Å². The van der Waals surface area contributed by atoms with Crippen molar-refractivity contribution in [3.05, 3.63) is 46.7 Å². The molecule has 2 heterocycles. The van der Waals surface area contributed by atoms with E-state index in [1.807, 2.05) is 23.9 Å². The first kappa shape index (κ1) is 25.5. The second kappa shape index (κ2) is 10.2. The number of piperazine rings is 1. The zero-order valence-electron chi connectivity index (χ0n) is 20.8. The smallest absolute Gasteiger partial charge is 0.391 e. The summed E-state index contributed by atoms with van der Waals surface area (Å²) in [5.41, 5.74) is 2.14. The summed E-state index contributed by atoms with van der Waals surface area (Å²) in [6.45, 7) is 5.20. The molecule has 0 radical (unpaired) electrons. The summed E-state index contributed by atoms with van der Waals surface area (Å²) < 4.78 is 39.3. The van der Waals surface area contributed by atoms with Crippen LogP contribution in [0.5, 0.6) is 0 Å². The predicted molar refractivity (Wildman–Crippen MR) is 130 cm³/mol. The Hall–Kier alpha value is -2.55. The van der Waals surface area contributed by atoms with Gasteiger partial charge in [-0.1, -0.05) is 19.1 Å². The summed E-state index contributed by atoms with van der Waals surface area (Å²) in [5, 5.41) is 12.0. The lowest BCUT2D eigenvalue weighted by Crippen LogP contribution is -2.53. The molecule has 0 unspecified atom stereocenters. The third-order valence-corrected chi connectivity index (χ3v) is 7.93. The molecule has 2 fully saturated rings. The first-order valence-corrected chi connectivity index (χ1v) is 12.5. The number of carbonyl (C=O) groups is 1. The second-order valence-electron chi connectivity index (χ2n) is 10.0. The summed E-state index contributed by atoms with van der Waals surface area (Å²) >= 11 is 0. The maximum Gasteiger partial charge on any atom is 0.416 e. The zero-order valence-corrected chi connectivity index (χ0v) is 20.8. The molecule has 4 rings (SSSR count). The van der Waals surface area contributed by atoms with Crippen molar-refractivity contribution >= 4 is 11.7 Å². The van der Waals surface area contributed by atoms with E-state index < -0.39 is 17.7 Å². The summed E-state index contributed by atoms with van der Waals surface area (Å²) in [7, 11) is 3.88. The fourth-order valence-corrected chi connectivity index (χ4v) is 5.86. The van der Waals surface area contributed by atoms with Gasteiger partial charge in [0.05, 0.1) is 11.5 Å². The van der Waals surface area contributed by atoms with Crippen LogP contribution in [0.1, 0.15) is 49.7 Å². The highest BCUT2D eigenvalue weighted by Crippen LogP contribution is 2.36. The number of amidine groups is 1. The van der Waals surface area contributed by atoms with Crippen LogP contribution in [-0.4, -0.2) is 79.3 Å². The summed E-state index contributed by atoms with van der Waals surface area (Å²) in [6, 6.07) is 5.07. The SMILES string of the molecule is CNC1=C(C(=N)N2CCN(C(=O)[C@@H](c3ccc(C(F)(F)F)cc3)[C@@H]3CCCN3C)CC2)[C@H](C)CC1. The fourth-order valence-electron chi connectivity index (χ4n) is 5.86. The number of nitrogens with one attached hydrogen (secondary N) is 2. The number of nitrogens with zero attached hydrogens (tertiary/aromatic N) is 3. The Balaban J connectivity index is 1.49. The fraction of sp³-hybridized carbons (Fsp3) is 0.615. The number of allylic oxidation sites excluding steroid dienone is 1. The van der Waals surface area contributed by atoms with Crippen molar-refractivity contribution in [3.8, 4) is 0 Å². The van der Waals surface area contributed by atoms with Gasteiger partial charge in [0.25, 0.3) is 0 Å². The molecule has 0 aromatic heterocycles. The number of amides is 1. The molecule has 1 aromatic rings. The zero-order chi connectivity index (χ0) is 25.3. The number of likely N-dealkylation sites (N-methyl/N-ethyl adjacent to an activating group) is 1. The van der Waals surface area contributed by atoms with Crippen molar-refractivity contribution in [1.82, 2.24) is 20.0 Å². The van der Waals surface area contributed by atoms with E-state index in [1.54, 1.807) is 0 Å². The van der Waals surface area contributed by atoms with Crippen LogP contribution in [0.25, 0.3) is 0 Å². The Morgan fingerprint density at radius 1 is 1.06 bits per heavy atom. The van der Waals surface area contributed by atoms with E-state index in [0.717, 1.165) is 55.6 Å². The molecule has 3 aliphatic rings. The van der Waals surface area contributed by atoms with Gasteiger partial charge in [-0.2, -0.15) is 13.2 Å². The quantitative estimate of drug-likeness (QED) is 0.484. The van der Waals surface area contributed by atoms with E-state index in [4.69, 9.17) is 5.41 Å². The van der Waals surface area contributed by atoms with Crippen LogP contribution in [0, 0.1) is 11.3 Å². The maximum atomic E-state index is 13.8. The van der Waals surface area contributed by atoms with Crippen molar-refractivity contribution in [2.24, 2.45) is 5.92 Å². The highest BCUT2D eigenvalue weighted by Gasteiger charge is 2.39. The number of alkyl halides is 3.